The summed E-state index contributed by atoms with van der Waals surface area (Å²) >= 11 is 0. The third-order valence-corrected chi connectivity index (χ3v) is 5.91. The molecule has 32 heavy (non-hydrogen) atoms. The normalized spacial score (nSPS) is 19.0. The van der Waals surface area contributed by atoms with Crippen LogP contribution in [0.2, 0.25) is 0 Å². The van der Waals surface area contributed by atoms with E-state index in [-0.39, 0.29) is 30.5 Å². The number of benzene rings is 2. The van der Waals surface area contributed by atoms with Gasteiger partial charge in [-0.1, -0.05) is 5.16 Å². The number of nitrogens with one attached hydrogen (secondary N) is 1. The fourth-order valence-corrected chi connectivity index (χ4v) is 4.06. The molecule has 2 aliphatic heterocycles. The Balaban J connectivity index is 1.23. The van der Waals surface area contributed by atoms with Crippen LogP contribution in [0.1, 0.15) is 31.6 Å². The van der Waals surface area contributed by atoms with E-state index in [0.29, 0.717) is 41.0 Å². The first-order valence-electron chi connectivity index (χ1n) is 10.6. The number of likely N-dealkylation sites (tertiary alicyclic amines) is 1. The lowest BCUT2D eigenvalue weighted by Crippen LogP contribution is -2.46. The summed E-state index contributed by atoms with van der Waals surface area (Å²) in [5.41, 5.74) is 1.37. The molecule has 0 saturated carbocycles. The topological polar surface area (TPSA) is 89.7 Å². The summed E-state index contributed by atoms with van der Waals surface area (Å²) in [7, 11) is 0. The number of hydrogen-bond donors (Lipinski definition) is 1. The number of amides is 1. The van der Waals surface area contributed by atoms with Gasteiger partial charge in [0.2, 0.25) is 24.4 Å². The lowest BCUT2D eigenvalue weighted by atomic mass is 9.96. The van der Waals surface area contributed by atoms with Gasteiger partial charge in [0, 0.05) is 23.9 Å². The number of carbonyl (C=O) groups is 1. The molecule has 1 saturated heterocycles. The number of rotatable bonds is 5. The number of hydrogen-bond acceptors (Lipinski definition) is 7. The molecule has 9 heteroatoms. The molecule has 1 aromatic heterocycles. The first kappa shape index (κ1) is 20.4. The van der Waals surface area contributed by atoms with Crippen molar-refractivity contribution in [1.29, 1.82) is 0 Å². The van der Waals surface area contributed by atoms with E-state index in [1.54, 1.807) is 30.3 Å². The van der Waals surface area contributed by atoms with Crippen molar-refractivity contribution < 1.29 is 23.2 Å². The number of carbonyl (C=O) groups excluding carboxylic acids is 1. The molecule has 1 N–H and O–H groups in total. The highest BCUT2D eigenvalue weighted by Gasteiger charge is 2.31. The number of anilines is 1. The molecule has 0 spiro atoms. The number of fused-ring (bicyclic) bond motifs is 1. The molecule has 2 aliphatic rings. The fraction of sp³-hybridized carbons (Fsp3) is 0.348. The Bertz CT molecular complexity index is 1120. The fourth-order valence-electron chi connectivity index (χ4n) is 4.06. The molecule has 1 fully saturated rings. The average molecular weight is 438 g/mol. The minimum absolute atomic E-state index is 0.0336. The van der Waals surface area contributed by atoms with Crippen LogP contribution in [0.25, 0.3) is 11.4 Å². The van der Waals surface area contributed by atoms with Crippen molar-refractivity contribution in [2.75, 3.05) is 25.2 Å². The second kappa shape index (κ2) is 8.58. The number of halogens is 1. The summed E-state index contributed by atoms with van der Waals surface area (Å²) in [5.74, 6) is 1.90. The zero-order chi connectivity index (χ0) is 22.1. The predicted octanol–water partition coefficient (Wildman–Crippen LogP) is 3.81. The first-order chi connectivity index (χ1) is 15.6. The summed E-state index contributed by atoms with van der Waals surface area (Å²) in [5, 5.41) is 7.01. The van der Waals surface area contributed by atoms with Crippen molar-refractivity contribution in [2.45, 2.75) is 31.7 Å². The van der Waals surface area contributed by atoms with Crippen LogP contribution in [0.3, 0.4) is 0 Å². The smallest absolute Gasteiger partial charge is 0.241 e. The van der Waals surface area contributed by atoms with Gasteiger partial charge in [-0.25, -0.2) is 4.39 Å². The van der Waals surface area contributed by atoms with Gasteiger partial charge in [-0.2, -0.15) is 4.98 Å². The molecule has 1 amide bonds. The van der Waals surface area contributed by atoms with E-state index in [1.807, 2.05) is 6.92 Å². The van der Waals surface area contributed by atoms with Crippen molar-refractivity contribution in [3.05, 3.63) is 54.2 Å². The Labute approximate surface area is 184 Å². The highest BCUT2D eigenvalue weighted by Crippen LogP contribution is 2.34. The Hall–Kier alpha value is -3.46. The minimum Gasteiger partial charge on any atom is -0.454 e. The molecule has 3 aromatic rings. The molecule has 0 bridgehead atoms. The van der Waals surface area contributed by atoms with Gasteiger partial charge in [0.25, 0.3) is 0 Å². The quantitative estimate of drug-likeness (QED) is 0.648. The zero-order valence-corrected chi connectivity index (χ0v) is 17.6. The van der Waals surface area contributed by atoms with Crippen LogP contribution < -0.4 is 14.8 Å². The second-order valence-electron chi connectivity index (χ2n) is 8.03. The molecule has 5 rings (SSSR count). The maximum Gasteiger partial charge on any atom is 0.241 e. The minimum atomic E-state index is -0.331. The molecule has 2 aromatic carbocycles. The molecule has 0 aliphatic carbocycles. The van der Waals surface area contributed by atoms with Gasteiger partial charge < -0.3 is 19.3 Å². The molecule has 0 radical (unpaired) electrons. The van der Waals surface area contributed by atoms with Gasteiger partial charge in [0.15, 0.2) is 11.5 Å². The Kier molecular flexibility index (Phi) is 5.48. The number of ether oxygens (including phenoxy) is 2. The van der Waals surface area contributed by atoms with Crippen LogP contribution in [0, 0.1) is 5.82 Å². The van der Waals surface area contributed by atoms with Crippen molar-refractivity contribution in [1.82, 2.24) is 15.0 Å². The first-order valence-corrected chi connectivity index (χ1v) is 10.6. The maximum absolute atomic E-state index is 13.2. The average Bonchev–Trinajstić information content (AvgIpc) is 3.49. The highest BCUT2D eigenvalue weighted by molar-refractivity contribution is 5.94. The van der Waals surface area contributed by atoms with Crippen molar-refractivity contribution >= 4 is 11.6 Å². The second-order valence-corrected chi connectivity index (χ2v) is 8.03. The maximum atomic E-state index is 13.2. The van der Waals surface area contributed by atoms with Crippen molar-refractivity contribution in [2.24, 2.45) is 0 Å². The Morgan fingerprint density at radius 2 is 2.00 bits per heavy atom. The SMILES string of the molecule is CC(C(=O)Nc1ccc2c(c1)OCO2)N1CCCC(c2nc(-c3ccc(F)cc3)no2)C1. The van der Waals surface area contributed by atoms with Crippen LogP contribution in [0.4, 0.5) is 10.1 Å². The molecule has 2 atom stereocenters. The summed E-state index contributed by atoms with van der Waals surface area (Å²) in [6, 6.07) is 11.0. The molecule has 2 unspecified atom stereocenters. The van der Waals surface area contributed by atoms with E-state index >= 15 is 0 Å². The molecular weight excluding hydrogens is 415 g/mol. The predicted molar refractivity (Wildman–Crippen MR) is 114 cm³/mol. The highest BCUT2D eigenvalue weighted by atomic mass is 19.1. The van der Waals surface area contributed by atoms with Crippen LogP contribution >= 0.6 is 0 Å². The summed E-state index contributed by atoms with van der Waals surface area (Å²) < 4.78 is 29.4. The van der Waals surface area contributed by atoms with Crippen molar-refractivity contribution in [3.63, 3.8) is 0 Å². The summed E-state index contributed by atoms with van der Waals surface area (Å²) in [4.78, 5) is 19.5. The molecular formula is C23H23FN4O4. The van der Waals surface area contributed by atoms with E-state index in [0.717, 1.165) is 19.4 Å². The monoisotopic (exact) mass is 438 g/mol. The van der Waals surface area contributed by atoms with Gasteiger partial charge in [-0.15, -0.1) is 0 Å². The Morgan fingerprint density at radius 1 is 1.19 bits per heavy atom. The molecule has 3 heterocycles. The zero-order valence-electron chi connectivity index (χ0n) is 17.6. The summed E-state index contributed by atoms with van der Waals surface area (Å²) in [6.45, 7) is 3.53. The van der Waals surface area contributed by atoms with Gasteiger partial charge in [-0.3, -0.25) is 9.69 Å². The van der Waals surface area contributed by atoms with Gasteiger partial charge in [-0.05, 0) is 62.7 Å². The largest absolute Gasteiger partial charge is 0.454 e. The number of piperidine rings is 1. The van der Waals surface area contributed by atoms with Crippen LogP contribution in [-0.2, 0) is 4.79 Å². The third kappa shape index (κ3) is 4.16. The van der Waals surface area contributed by atoms with Crippen LogP contribution in [0.5, 0.6) is 11.5 Å². The van der Waals surface area contributed by atoms with E-state index in [2.05, 4.69) is 20.4 Å². The summed E-state index contributed by atoms with van der Waals surface area (Å²) in [6.07, 6.45) is 1.82. The third-order valence-electron chi connectivity index (χ3n) is 5.91. The van der Waals surface area contributed by atoms with Crippen LogP contribution in [-0.4, -0.2) is 46.9 Å². The number of aromatic nitrogens is 2. The lowest BCUT2D eigenvalue weighted by molar-refractivity contribution is -0.121. The number of nitrogens with zero attached hydrogens (tertiary/aromatic N) is 3. The standard InChI is InChI=1S/C23H23FN4O4/c1-14(22(29)25-18-8-9-19-20(11-18)31-13-30-19)28-10-2-3-16(12-28)23-26-21(27-32-23)15-4-6-17(24)7-5-15/h4-9,11,14,16H,2-3,10,12-13H2,1H3,(H,25,29). The Morgan fingerprint density at radius 3 is 2.84 bits per heavy atom. The van der Waals surface area contributed by atoms with Crippen molar-refractivity contribution in [3.8, 4) is 22.9 Å². The van der Waals surface area contributed by atoms with E-state index in [1.165, 1.54) is 12.1 Å². The van der Waals surface area contributed by atoms with E-state index in [4.69, 9.17) is 14.0 Å². The van der Waals surface area contributed by atoms with E-state index < -0.39 is 0 Å². The molecule has 8 nitrogen and oxygen atoms in total. The van der Waals surface area contributed by atoms with Crippen LogP contribution in [0.15, 0.2) is 47.0 Å². The molecule has 166 valence electrons. The van der Waals surface area contributed by atoms with E-state index in [9.17, 15) is 9.18 Å². The van der Waals surface area contributed by atoms with Gasteiger partial charge in [0.05, 0.1) is 12.0 Å². The lowest BCUT2D eigenvalue weighted by Gasteiger charge is -2.34. The van der Waals surface area contributed by atoms with Gasteiger partial charge >= 0.3 is 0 Å². The van der Waals surface area contributed by atoms with Gasteiger partial charge in [0.1, 0.15) is 5.82 Å².